The van der Waals surface area contributed by atoms with Gasteiger partial charge in [-0.2, -0.15) is 0 Å². The maximum atomic E-state index is 12.8. The first-order valence-corrected chi connectivity index (χ1v) is 28.1. The van der Waals surface area contributed by atoms with Crippen LogP contribution in [0.25, 0.3) is 0 Å². The van der Waals surface area contributed by atoms with E-state index in [9.17, 15) is 14.4 Å². The number of unbranched alkanes of at least 4 members (excludes halogenated alkanes) is 32. The summed E-state index contributed by atoms with van der Waals surface area (Å²) in [5, 5.41) is 0. The summed E-state index contributed by atoms with van der Waals surface area (Å²) >= 11 is 0. The molecule has 63 heavy (non-hydrogen) atoms. The fourth-order valence-corrected chi connectivity index (χ4v) is 8.61. The minimum atomic E-state index is -0.763. The molecule has 0 spiro atoms. The van der Waals surface area contributed by atoms with Crippen LogP contribution in [0.1, 0.15) is 311 Å². The van der Waals surface area contributed by atoms with Crippen molar-refractivity contribution >= 4 is 17.9 Å². The Morgan fingerprint density at radius 3 is 0.825 bits per heavy atom. The minimum Gasteiger partial charge on any atom is -0.462 e. The van der Waals surface area contributed by atoms with Crippen LogP contribution in [0.15, 0.2) is 0 Å². The van der Waals surface area contributed by atoms with Gasteiger partial charge in [-0.3, -0.25) is 14.4 Å². The topological polar surface area (TPSA) is 78.9 Å². The lowest BCUT2D eigenvalue weighted by Crippen LogP contribution is -2.30. The quantitative estimate of drug-likeness (QED) is 0.0344. The number of ether oxygens (including phenoxy) is 3. The lowest BCUT2D eigenvalue weighted by molar-refractivity contribution is -0.167. The normalized spacial score (nSPS) is 12.6. The zero-order valence-electron chi connectivity index (χ0n) is 43.4. The highest BCUT2D eigenvalue weighted by molar-refractivity contribution is 5.71. The van der Waals surface area contributed by atoms with Gasteiger partial charge in [-0.25, -0.2) is 0 Å². The first-order valence-electron chi connectivity index (χ1n) is 28.1. The van der Waals surface area contributed by atoms with E-state index in [0.717, 1.165) is 75.5 Å². The lowest BCUT2D eigenvalue weighted by atomic mass is 9.99. The average Bonchev–Trinajstić information content (AvgIpc) is 3.25. The molecule has 374 valence electrons. The second-order valence-electron chi connectivity index (χ2n) is 20.8. The third-order valence-corrected chi connectivity index (χ3v) is 13.3. The number of hydrogen-bond acceptors (Lipinski definition) is 6. The van der Waals surface area contributed by atoms with Crippen molar-refractivity contribution in [3.8, 4) is 0 Å². The second kappa shape index (κ2) is 48.3. The molecule has 0 aliphatic rings. The average molecular weight is 892 g/mol. The molecule has 1 unspecified atom stereocenters. The van der Waals surface area contributed by atoms with Gasteiger partial charge in [-0.15, -0.1) is 0 Å². The van der Waals surface area contributed by atoms with Crippen molar-refractivity contribution in [1.29, 1.82) is 0 Å². The molecule has 0 aliphatic heterocycles. The standard InChI is InChI=1S/C57H110O6/c1-7-53(6)45-39-33-26-22-18-14-11-12-16-20-24-28-35-41-47-56(59)62-50-54(63-57(60)48-42-36-30-29-32-38-44-52(4)5)49-61-55(58)46-40-34-27-23-19-15-10-8-9-13-17-21-25-31-37-43-51(2)3/h51-54H,7-50H2,1-6H3/t53?,54-/m1/s1. The highest BCUT2D eigenvalue weighted by Gasteiger charge is 2.19. The van der Waals surface area contributed by atoms with Crippen LogP contribution < -0.4 is 0 Å². The number of carbonyl (C=O) groups is 3. The van der Waals surface area contributed by atoms with E-state index in [1.165, 1.54) is 193 Å². The minimum absolute atomic E-state index is 0.0650. The molecule has 0 aromatic heterocycles. The van der Waals surface area contributed by atoms with Crippen molar-refractivity contribution in [3.63, 3.8) is 0 Å². The number of rotatable bonds is 50. The third kappa shape index (κ3) is 49.7. The molecule has 0 aliphatic carbocycles. The molecule has 2 atom stereocenters. The van der Waals surface area contributed by atoms with Crippen LogP contribution in [0.5, 0.6) is 0 Å². The Kier molecular flexibility index (Phi) is 47.1. The summed E-state index contributed by atoms with van der Waals surface area (Å²) in [6, 6.07) is 0. The van der Waals surface area contributed by atoms with Crippen molar-refractivity contribution in [3.05, 3.63) is 0 Å². The molecule has 6 heteroatoms. The van der Waals surface area contributed by atoms with E-state index in [1.807, 2.05) is 0 Å². The third-order valence-electron chi connectivity index (χ3n) is 13.3. The van der Waals surface area contributed by atoms with Crippen LogP contribution in [-0.2, 0) is 28.6 Å². The van der Waals surface area contributed by atoms with Crippen molar-refractivity contribution in [2.24, 2.45) is 17.8 Å². The maximum Gasteiger partial charge on any atom is 0.306 e. The molecule has 0 fully saturated rings. The van der Waals surface area contributed by atoms with Crippen LogP contribution in [0, 0.1) is 17.8 Å². The highest BCUT2D eigenvalue weighted by Crippen LogP contribution is 2.19. The second-order valence-corrected chi connectivity index (χ2v) is 20.8. The molecule has 0 saturated carbocycles. The van der Waals surface area contributed by atoms with Gasteiger partial charge in [0.2, 0.25) is 0 Å². The highest BCUT2D eigenvalue weighted by atomic mass is 16.6. The van der Waals surface area contributed by atoms with E-state index in [1.54, 1.807) is 0 Å². The summed E-state index contributed by atoms with van der Waals surface area (Å²) in [6.45, 7) is 13.7. The van der Waals surface area contributed by atoms with Crippen molar-refractivity contribution < 1.29 is 28.6 Å². The smallest absolute Gasteiger partial charge is 0.306 e. The first-order chi connectivity index (χ1) is 30.6. The van der Waals surface area contributed by atoms with E-state index in [4.69, 9.17) is 14.2 Å². The van der Waals surface area contributed by atoms with E-state index in [2.05, 4.69) is 41.5 Å². The van der Waals surface area contributed by atoms with E-state index < -0.39 is 6.10 Å². The molecule has 0 radical (unpaired) electrons. The van der Waals surface area contributed by atoms with E-state index >= 15 is 0 Å². The van der Waals surface area contributed by atoms with Gasteiger partial charge in [0.05, 0.1) is 0 Å². The summed E-state index contributed by atoms with van der Waals surface area (Å²) in [7, 11) is 0. The molecule has 0 bridgehead atoms. The Bertz CT molecular complexity index is 978. The Morgan fingerprint density at radius 2 is 0.556 bits per heavy atom. The van der Waals surface area contributed by atoms with Gasteiger partial charge < -0.3 is 14.2 Å². The summed E-state index contributed by atoms with van der Waals surface area (Å²) in [5.74, 6) is 1.65. The summed E-state index contributed by atoms with van der Waals surface area (Å²) in [4.78, 5) is 38.0. The molecule has 6 nitrogen and oxygen atoms in total. The first kappa shape index (κ1) is 61.4. The zero-order chi connectivity index (χ0) is 46.3. The van der Waals surface area contributed by atoms with Crippen molar-refractivity contribution in [2.45, 2.75) is 317 Å². The summed E-state index contributed by atoms with van der Waals surface area (Å²) in [5.41, 5.74) is 0. The largest absolute Gasteiger partial charge is 0.462 e. The van der Waals surface area contributed by atoms with Gasteiger partial charge in [0.25, 0.3) is 0 Å². The van der Waals surface area contributed by atoms with Gasteiger partial charge >= 0.3 is 17.9 Å². The fraction of sp³-hybridized carbons (Fsp3) is 0.947. The summed E-state index contributed by atoms with van der Waals surface area (Å²) in [6.07, 6.45) is 49.6. The van der Waals surface area contributed by atoms with Gasteiger partial charge in [0.1, 0.15) is 13.2 Å². The molecule has 0 rings (SSSR count). The summed E-state index contributed by atoms with van der Waals surface area (Å²) < 4.78 is 16.8. The predicted molar refractivity (Wildman–Crippen MR) is 270 cm³/mol. The van der Waals surface area contributed by atoms with Crippen LogP contribution in [0.4, 0.5) is 0 Å². The molecule has 0 saturated heterocycles. The van der Waals surface area contributed by atoms with Gasteiger partial charge in [-0.1, -0.05) is 273 Å². The lowest BCUT2D eigenvalue weighted by Gasteiger charge is -2.18. The SMILES string of the molecule is CCC(C)CCCCCCCCCCCCCCCCC(=O)OC[C@@H](COC(=O)CCCCCCCCCCCCCCCCCC(C)C)OC(=O)CCCCCCCCC(C)C. The molecule has 0 aromatic rings. The van der Waals surface area contributed by atoms with Crippen molar-refractivity contribution in [2.75, 3.05) is 13.2 Å². The van der Waals surface area contributed by atoms with E-state index in [0.29, 0.717) is 19.3 Å². The molecule has 0 amide bonds. The Labute approximate surface area is 393 Å². The monoisotopic (exact) mass is 891 g/mol. The van der Waals surface area contributed by atoms with Gasteiger partial charge in [-0.05, 0) is 37.0 Å². The Hall–Kier alpha value is -1.59. The predicted octanol–water partition coefficient (Wildman–Crippen LogP) is 18.3. The number of carbonyl (C=O) groups excluding carboxylic acids is 3. The van der Waals surface area contributed by atoms with E-state index in [-0.39, 0.29) is 31.1 Å². The Morgan fingerprint density at radius 1 is 0.317 bits per heavy atom. The molecule has 0 N–H and O–H groups in total. The maximum absolute atomic E-state index is 12.8. The molecule has 0 heterocycles. The van der Waals surface area contributed by atoms with Crippen LogP contribution in [0.2, 0.25) is 0 Å². The zero-order valence-corrected chi connectivity index (χ0v) is 43.4. The molecule has 0 aromatic carbocycles. The van der Waals surface area contributed by atoms with Crippen molar-refractivity contribution in [1.82, 2.24) is 0 Å². The number of esters is 3. The van der Waals surface area contributed by atoms with Gasteiger partial charge in [0, 0.05) is 19.3 Å². The van der Waals surface area contributed by atoms with Crippen LogP contribution in [0.3, 0.4) is 0 Å². The van der Waals surface area contributed by atoms with Gasteiger partial charge in [0.15, 0.2) is 6.10 Å². The fourth-order valence-electron chi connectivity index (χ4n) is 8.61. The molecular weight excluding hydrogens is 781 g/mol. The molecular formula is C57H110O6. The van der Waals surface area contributed by atoms with Crippen LogP contribution >= 0.6 is 0 Å². The number of hydrogen-bond donors (Lipinski definition) is 0. The van der Waals surface area contributed by atoms with Crippen LogP contribution in [-0.4, -0.2) is 37.2 Å². The Balaban J connectivity index is 4.20.